The summed E-state index contributed by atoms with van der Waals surface area (Å²) in [6, 6.07) is 1.89. The van der Waals surface area contributed by atoms with Gasteiger partial charge in [0.2, 0.25) is 0 Å². The van der Waals surface area contributed by atoms with Crippen LogP contribution in [-0.2, 0) is 4.79 Å². The monoisotopic (exact) mass is 434 g/mol. The number of carbonyl (C=O) groups is 2. The lowest BCUT2D eigenvalue weighted by Gasteiger charge is -2.35. The molecule has 14 heteroatoms. The molecule has 1 aromatic heterocycles. The highest BCUT2D eigenvalue weighted by Gasteiger charge is 2.43. The minimum Gasteiger partial charge on any atom is -0.400 e. The number of alkyl halides is 3. The number of hydrogen-bond acceptors (Lipinski definition) is 7. The third-order valence-electron chi connectivity index (χ3n) is 4.14. The molecule has 0 aliphatic carbocycles. The summed E-state index contributed by atoms with van der Waals surface area (Å²) < 4.78 is 42.4. The molecule has 0 unspecified atom stereocenters. The van der Waals surface area contributed by atoms with Crippen LogP contribution in [0.15, 0.2) is 21.7 Å². The zero-order valence-corrected chi connectivity index (χ0v) is 15.9. The summed E-state index contributed by atoms with van der Waals surface area (Å²) >= 11 is 0. The van der Waals surface area contributed by atoms with E-state index in [1.54, 1.807) is 4.90 Å². The zero-order chi connectivity index (χ0) is 22.1. The quantitative estimate of drug-likeness (QED) is 0.277. The molecule has 2 rings (SSSR count). The van der Waals surface area contributed by atoms with Crippen LogP contribution >= 0.6 is 0 Å². The van der Waals surface area contributed by atoms with E-state index in [1.165, 1.54) is 6.07 Å². The number of carbonyl (C=O) groups excluding carboxylic acids is 2. The summed E-state index contributed by atoms with van der Waals surface area (Å²) in [5.74, 6) is -2.17. The number of hydrogen-bond donors (Lipinski definition) is 2. The molecular formula is C16H21F3N6O5. The molecule has 1 aliphatic rings. The van der Waals surface area contributed by atoms with Gasteiger partial charge in [-0.3, -0.25) is 19.8 Å². The van der Waals surface area contributed by atoms with Crippen LogP contribution in [0.2, 0.25) is 0 Å². The Morgan fingerprint density at radius 1 is 1.30 bits per heavy atom. The average molecular weight is 434 g/mol. The molecule has 1 aliphatic heterocycles. The number of amides is 3. The van der Waals surface area contributed by atoms with E-state index in [1.807, 2.05) is 0 Å². The standard InChI is InChI=1S/C16H21F3N6O5/c17-16(18,19)14(26)24-9-3-8-23(11-24)7-2-1-6-20-15(27)22-21-10-12-4-5-13(30-12)25(28)29/h4-5,10H,1-3,6-9,11H2,(H2,20,22,27)/b21-10+. The number of nitro groups is 1. The molecule has 0 atom stereocenters. The number of urea groups is 1. The molecule has 0 bridgehead atoms. The molecule has 11 nitrogen and oxygen atoms in total. The molecule has 1 fully saturated rings. The first-order chi connectivity index (χ1) is 14.2. The Morgan fingerprint density at radius 2 is 2.07 bits per heavy atom. The largest absolute Gasteiger partial charge is 0.471 e. The first-order valence-electron chi connectivity index (χ1n) is 9.06. The Balaban J connectivity index is 1.59. The van der Waals surface area contributed by atoms with Gasteiger partial charge in [-0.2, -0.15) is 18.3 Å². The van der Waals surface area contributed by atoms with Crippen molar-refractivity contribution in [3.8, 4) is 0 Å². The minimum atomic E-state index is -4.87. The van der Waals surface area contributed by atoms with Gasteiger partial charge in [-0.15, -0.1) is 0 Å². The van der Waals surface area contributed by atoms with Gasteiger partial charge in [0.05, 0.1) is 18.9 Å². The Morgan fingerprint density at radius 3 is 2.73 bits per heavy atom. The molecule has 0 saturated carbocycles. The van der Waals surface area contributed by atoms with Gasteiger partial charge in [0, 0.05) is 19.6 Å². The Labute approximate surface area is 169 Å². The highest BCUT2D eigenvalue weighted by molar-refractivity contribution is 5.82. The summed E-state index contributed by atoms with van der Waals surface area (Å²) in [6.45, 7) is 1.44. The number of rotatable bonds is 8. The van der Waals surface area contributed by atoms with Gasteiger partial charge < -0.3 is 14.6 Å². The molecule has 30 heavy (non-hydrogen) atoms. The summed E-state index contributed by atoms with van der Waals surface area (Å²) in [7, 11) is 0. The van der Waals surface area contributed by atoms with E-state index in [4.69, 9.17) is 4.42 Å². The highest BCUT2D eigenvalue weighted by atomic mass is 19.4. The molecule has 1 aromatic rings. The smallest absolute Gasteiger partial charge is 0.400 e. The van der Waals surface area contributed by atoms with Gasteiger partial charge in [0.25, 0.3) is 0 Å². The van der Waals surface area contributed by atoms with E-state index in [-0.39, 0.29) is 19.0 Å². The predicted molar refractivity (Wildman–Crippen MR) is 97.5 cm³/mol. The van der Waals surface area contributed by atoms with Crippen LogP contribution in [0.1, 0.15) is 25.0 Å². The lowest BCUT2D eigenvalue weighted by Crippen LogP contribution is -2.51. The van der Waals surface area contributed by atoms with Gasteiger partial charge in [-0.25, -0.2) is 10.2 Å². The van der Waals surface area contributed by atoms with Crippen LogP contribution in [-0.4, -0.2) is 71.9 Å². The lowest BCUT2D eigenvalue weighted by atomic mass is 10.2. The zero-order valence-electron chi connectivity index (χ0n) is 15.9. The van der Waals surface area contributed by atoms with E-state index >= 15 is 0 Å². The maximum absolute atomic E-state index is 12.5. The van der Waals surface area contributed by atoms with Crippen molar-refractivity contribution < 1.29 is 32.1 Å². The number of unbranched alkanes of at least 4 members (excludes halogenated alkanes) is 1. The van der Waals surface area contributed by atoms with Gasteiger partial charge in [0.1, 0.15) is 4.92 Å². The van der Waals surface area contributed by atoms with Crippen molar-refractivity contribution in [3.05, 3.63) is 28.0 Å². The molecule has 0 spiro atoms. The summed E-state index contributed by atoms with van der Waals surface area (Å²) in [6.07, 6.45) is -2.09. The third-order valence-corrected chi connectivity index (χ3v) is 4.14. The van der Waals surface area contributed by atoms with Crippen LogP contribution in [0.4, 0.5) is 23.8 Å². The lowest BCUT2D eigenvalue weighted by molar-refractivity contribution is -0.402. The maximum atomic E-state index is 12.5. The number of furan rings is 1. The van der Waals surface area contributed by atoms with Crippen LogP contribution in [0.25, 0.3) is 0 Å². The fourth-order valence-electron chi connectivity index (χ4n) is 2.76. The average Bonchev–Trinajstić information content (AvgIpc) is 3.16. The molecule has 166 valence electrons. The second-order valence-electron chi connectivity index (χ2n) is 6.45. The Kier molecular flexibility index (Phi) is 8.15. The molecule has 0 aromatic carbocycles. The van der Waals surface area contributed by atoms with Crippen molar-refractivity contribution in [1.82, 2.24) is 20.5 Å². The summed E-state index contributed by atoms with van der Waals surface area (Å²) in [4.78, 5) is 35.2. The van der Waals surface area contributed by atoms with Crippen molar-refractivity contribution >= 4 is 24.0 Å². The molecular weight excluding hydrogens is 413 g/mol. The number of nitrogens with zero attached hydrogens (tertiary/aromatic N) is 4. The summed E-state index contributed by atoms with van der Waals surface area (Å²) in [5, 5.41) is 16.6. The first-order valence-corrected chi connectivity index (χ1v) is 9.06. The Bertz CT molecular complexity index is 782. The molecule has 3 amide bonds. The first kappa shape index (κ1) is 23.1. The molecule has 2 N–H and O–H groups in total. The van der Waals surface area contributed by atoms with E-state index in [9.17, 15) is 32.9 Å². The number of hydrazone groups is 1. The maximum Gasteiger partial charge on any atom is 0.471 e. The van der Waals surface area contributed by atoms with Crippen molar-refractivity contribution in [2.45, 2.75) is 25.4 Å². The Hall–Kier alpha value is -3.16. The topological polar surface area (TPSA) is 133 Å². The molecule has 0 radical (unpaired) electrons. The van der Waals surface area contributed by atoms with Gasteiger partial charge in [0.15, 0.2) is 5.76 Å². The van der Waals surface area contributed by atoms with E-state index in [0.717, 1.165) is 17.2 Å². The predicted octanol–water partition coefficient (Wildman–Crippen LogP) is 1.66. The summed E-state index contributed by atoms with van der Waals surface area (Å²) in [5.41, 5.74) is 2.17. The van der Waals surface area contributed by atoms with E-state index in [0.29, 0.717) is 38.9 Å². The van der Waals surface area contributed by atoms with E-state index in [2.05, 4.69) is 15.8 Å². The van der Waals surface area contributed by atoms with Gasteiger partial charge >= 0.3 is 24.0 Å². The minimum absolute atomic E-state index is 0.0636. The van der Waals surface area contributed by atoms with Crippen LogP contribution < -0.4 is 10.7 Å². The van der Waals surface area contributed by atoms with Crippen molar-refractivity contribution in [3.63, 3.8) is 0 Å². The third kappa shape index (κ3) is 7.35. The SMILES string of the molecule is O=C(NCCCCN1CCCN(C(=O)C(F)(F)F)C1)N/N=C/c1ccc([N+](=O)[O-])o1. The second-order valence-corrected chi connectivity index (χ2v) is 6.45. The fourth-order valence-corrected chi connectivity index (χ4v) is 2.76. The van der Waals surface area contributed by atoms with Crippen LogP contribution in [0.3, 0.4) is 0 Å². The van der Waals surface area contributed by atoms with Crippen molar-refractivity contribution in [2.75, 3.05) is 32.8 Å². The molecule has 2 heterocycles. The normalized spacial score (nSPS) is 15.4. The van der Waals surface area contributed by atoms with Crippen molar-refractivity contribution in [2.24, 2.45) is 5.10 Å². The number of halogens is 3. The van der Waals surface area contributed by atoms with Crippen LogP contribution in [0, 0.1) is 10.1 Å². The van der Waals surface area contributed by atoms with Crippen LogP contribution in [0.5, 0.6) is 0 Å². The van der Waals surface area contributed by atoms with Gasteiger partial charge in [-0.05, 0) is 31.9 Å². The highest BCUT2D eigenvalue weighted by Crippen LogP contribution is 2.20. The fraction of sp³-hybridized carbons (Fsp3) is 0.562. The molecule has 1 saturated heterocycles. The second kappa shape index (κ2) is 10.6. The van der Waals surface area contributed by atoms with Crippen molar-refractivity contribution in [1.29, 1.82) is 0 Å². The number of nitrogens with one attached hydrogen (secondary N) is 2. The van der Waals surface area contributed by atoms with E-state index < -0.39 is 28.9 Å². The van der Waals surface area contributed by atoms with Gasteiger partial charge in [-0.1, -0.05) is 0 Å².